The molecule has 1 aliphatic heterocycles. The van der Waals surface area contributed by atoms with Crippen LogP contribution in [0.2, 0.25) is 0 Å². The molecule has 0 amide bonds. The van der Waals surface area contributed by atoms with Crippen molar-refractivity contribution in [3.8, 4) is 0 Å². The van der Waals surface area contributed by atoms with Crippen molar-refractivity contribution in [3.05, 3.63) is 22.8 Å². The van der Waals surface area contributed by atoms with Gasteiger partial charge in [-0.15, -0.1) is 0 Å². The zero-order valence-corrected chi connectivity index (χ0v) is 13.5. The van der Waals surface area contributed by atoms with Crippen LogP contribution >= 0.6 is 0 Å². The fourth-order valence-electron chi connectivity index (χ4n) is 3.35. The summed E-state index contributed by atoms with van der Waals surface area (Å²) >= 11 is 0. The Bertz CT molecular complexity index is 478. The van der Waals surface area contributed by atoms with Crippen molar-refractivity contribution in [2.75, 3.05) is 26.2 Å². The first-order valence-corrected chi connectivity index (χ1v) is 8.63. The molecule has 0 atom stereocenters. The van der Waals surface area contributed by atoms with Gasteiger partial charge < -0.3 is 10.2 Å². The van der Waals surface area contributed by atoms with Gasteiger partial charge in [-0.05, 0) is 25.9 Å². The maximum atomic E-state index is 4.97. The summed E-state index contributed by atoms with van der Waals surface area (Å²) in [6.07, 6.45) is 6.06. The Kier molecular flexibility index (Phi) is 4.86. The molecule has 1 aromatic rings. The average Bonchev–Trinajstić information content (AvgIpc) is 2.46. The molecule has 2 heterocycles. The number of aromatic nitrogens is 2. The molecule has 1 N–H and O–H groups in total. The lowest BCUT2D eigenvalue weighted by molar-refractivity contribution is 0.305. The van der Waals surface area contributed by atoms with Crippen molar-refractivity contribution >= 4 is 0 Å². The fourth-order valence-corrected chi connectivity index (χ4v) is 3.35. The van der Waals surface area contributed by atoms with Gasteiger partial charge in [-0.3, -0.25) is 0 Å². The third kappa shape index (κ3) is 3.27. The number of likely N-dealkylation sites (N-methyl/N-ethyl adjacent to an activating group) is 1. The molecule has 4 nitrogen and oxygen atoms in total. The van der Waals surface area contributed by atoms with E-state index >= 15 is 0 Å². The number of hydrogen-bond acceptors (Lipinski definition) is 4. The van der Waals surface area contributed by atoms with Crippen LogP contribution in [0.5, 0.6) is 0 Å². The smallest absolute Gasteiger partial charge is 0.130 e. The Labute approximate surface area is 128 Å². The maximum absolute atomic E-state index is 4.97. The zero-order chi connectivity index (χ0) is 14.7. The Morgan fingerprint density at radius 3 is 2.67 bits per heavy atom. The summed E-state index contributed by atoms with van der Waals surface area (Å²) in [5.41, 5.74) is 4.10. The van der Waals surface area contributed by atoms with Crippen LogP contribution in [0.3, 0.4) is 0 Å². The van der Waals surface area contributed by atoms with E-state index in [-0.39, 0.29) is 0 Å². The van der Waals surface area contributed by atoms with Gasteiger partial charge in [-0.1, -0.05) is 20.3 Å². The quantitative estimate of drug-likeness (QED) is 0.872. The largest absolute Gasteiger partial charge is 0.312 e. The summed E-state index contributed by atoms with van der Waals surface area (Å²) in [6, 6.07) is 0. The summed E-state index contributed by atoms with van der Waals surface area (Å²) < 4.78 is 0. The minimum atomic E-state index is 0.703. The Morgan fingerprint density at radius 1 is 1.19 bits per heavy atom. The highest BCUT2D eigenvalue weighted by atomic mass is 15.1. The van der Waals surface area contributed by atoms with Crippen molar-refractivity contribution in [3.63, 3.8) is 0 Å². The van der Waals surface area contributed by atoms with Gasteiger partial charge in [-0.2, -0.15) is 0 Å². The van der Waals surface area contributed by atoms with Gasteiger partial charge in [0.25, 0.3) is 0 Å². The van der Waals surface area contributed by atoms with Crippen LogP contribution in [-0.4, -0.2) is 41.0 Å². The summed E-state index contributed by atoms with van der Waals surface area (Å²) in [7, 11) is 0. The van der Waals surface area contributed by atoms with E-state index in [2.05, 4.69) is 24.1 Å². The first-order valence-electron chi connectivity index (χ1n) is 8.63. The first-order chi connectivity index (χ1) is 10.3. The van der Waals surface area contributed by atoms with Gasteiger partial charge in [0.05, 0.1) is 11.4 Å². The number of fused-ring (bicyclic) bond motifs is 1. The van der Waals surface area contributed by atoms with E-state index in [1.807, 2.05) is 0 Å². The van der Waals surface area contributed by atoms with Gasteiger partial charge in [0.15, 0.2) is 0 Å². The summed E-state index contributed by atoms with van der Waals surface area (Å²) in [5, 5.41) is 3.48. The van der Waals surface area contributed by atoms with Crippen molar-refractivity contribution in [2.45, 2.75) is 58.4 Å². The number of hydrogen-bond donors (Lipinski definition) is 1. The predicted molar refractivity (Wildman–Crippen MR) is 85.5 cm³/mol. The van der Waals surface area contributed by atoms with Crippen molar-refractivity contribution < 1.29 is 0 Å². The molecular formula is C17H28N4. The summed E-state index contributed by atoms with van der Waals surface area (Å²) in [4.78, 5) is 12.3. The Morgan fingerprint density at radius 2 is 2.00 bits per heavy atom. The highest BCUT2D eigenvalue weighted by Crippen LogP contribution is 2.38. The van der Waals surface area contributed by atoms with E-state index in [0.717, 1.165) is 51.4 Å². The van der Waals surface area contributed by atoms with E-state index in [9.17, 15) is 0 Å². The first kappa shape index (κ1) is 14.9. The minimum Gasteiger partial charge on any atom is -0.312 e. The lowest BCUT2D eigenvalue weighted by Gasteiger charge is -2.30. The summed E-state index contributed by atoms with van der Waals surface area (Å²) in [5.74, 6) is 1.78. The van der Waals surface area contributed by atoms with Gasteiger partial charge in [-0.25, -0.2) is 9.97 Å². The van der Waals surface area contributed by atoms with Crippen LogP contribution in [0.4, 0.5) is 0 Å². The maximum Gasteiger partial charge on any atom is 0.130 e. The molecule has 0 radical (unpaired) electrons. The Hall–Kier alpha value is -1.00. The van der Waals surface area contributed by atoms with Gasteiger partial charge in [0.1, 0.15) is 5.82 Å². The van der Waals surface area contributed by atoms with Crippen molar-refractivity contribution in [1.82, 2.24) is 20.2 Å². The third-order valence-corrected chi connectivity index (χ3v) is 5.05. The van der Waals surface area contributed by atoms with E-state index in [1.54, 1.807) is 0 Å². The standard InChI is InChI=1S/C17H28N4/c1-3-21(4-2)11-9-16-19-15-8-10-18-12-14(15)17(20-16)13-6-5-7-13/h13,18H,3-12H2,1-2H3. The molecule has 0 aromatic carbocycles. The second-order valence-corrected chi connectivity index (χ2v) is 6.28. The number of nitrogens with zero attached hydrogens (tertiary/aromatic N) is 3. The molecule has 1 aliphatic carbocycles. The average molecular weight is 288 g/mol. The fraction of sp³-hybridized carbons (Fsp3) is 0.765. The zero-order valence-electron chi connectivity index (χ0n) is 13.5. The van der Waals surface area contributed by atoms with Crippen LogP contribution in [0, 0.1) is 0 Å². The molecule has 1 saturated carbocycles. The molecular weight excluding hydrogens is 260 g/mol. The minimum absolute atomic E-state index is 0.703. The second kappa shape index (κ2) is 6.84. The lowest BCUT2D eigenvalue weighted by atomic mass is 9.80. The van der Waals surface area contributed by atoms with Crippen molar-refractivity contribution in [2.24, 2.45) is 0 Å². The number of nitrogens with one attached hydrogen (secondary N) is 1. The SMILES string of the molecule is CCN(CC)CCc1nc2c(c(C3CCC3)n1)CNCC2. The third-order valence-electron chi connectivity index (χ3n) is 5.05. The molecule has 0 bridgehead atoms. The molecule has 1 fully saturated rings. The van der Waals surface area contributed by atoms with Gasteiger partial charge >= 0.3 is 0 Å². The molecule has 0 unspecified atom stereocenters. The predicted octanol–water partition coefficient (Wildman–Crippen LogP) is 2.27. The van der Waals surface area contributed by atoms with Crippen molar-refractivity contribution in [1.29, 1.82) is 0 Å². The normalized spacial score (nSPS) is 18.6. The molecule has 4 heteroatoms. The van der Waals surface area contributed by atoms with E-state index in [4.69, 9.17) is 9.97 Å². The Balaban J connectivity index is 1.80. The highest BCUT2D eigenvalue weighted by molar-refractivity contribution is 5.32. The van der Waals surface area contributed by atoms with Gasteiger partial charge in [0, 0.05) is 44.0 Å². The molecule has 2 aliphatic rings. The molecule has 1 aromatic heterocycles. The molecule has 21 heavy (non-hydrogen) atoms. The van der Waals surface area contributed by atoms with Gasteiger partial charge in [0.2, 0.25) is 0 Å². The molecule has 116 valence electrons. The van der Waals surface area contributed by atoms with Crippen LogP contribution in [-0.2, 0) is 19.4 Å². The molecule has 0 spiro atoms. The number of rotatable bonds is 6. The van der Waals surface area contributed by atoms with Crippen LogP contribution in [0.1, 0.15) is 61.8 Å². The monoisotopic (exact) mass is 288 g/mol. The van der Waals surface area contributed by atoms with Crippen LogP contribution in [0.15, 0.2) is 0 Å². The lowest BCUT2D eigenvalue weighted by Crippen LogP contribution is -2.30. The van der Waals surface area contributed by atoms with E-state index in [1.165, 1.54) is 36.2 Å². The van der Waals surface area contributed by atoms with Crippen LogP contribution in [0.25, 0.3) is 0 Å². The molecule has 0 saturated heterocycles. The van der Waals surface area contributed by atoms with Crippen LogP contribution < -0.4 is 5.32 Å². The molecule has 3 rings (SSSR count). The highest BCUT2D eigenvalue weighted by Gasteiger charge is 2.27. The topological polar surface area (TPSA) is 41.1 Å². The van der Waals surface area contributed by atoms with E-state index < -0.39 is 0 Å². The van der Waals surface area contributed by atoms with E-state index in [0.29, 0.717) is 5.92 Å². The second-order valence-electron chi connectivity index (χ2n) is 6.28. The summed E-state index contributed by atoms with van der Waals surface area (Å²) in [6.45, 7) is 9.78.